The van der Waals surface area contributed by atoms with E-state index in [2.05, 4.69) is 17.6 Å². The predicted molar refractivity (Wildman–Crippen MR) is 57.7 cm³/mol. The predicted octanol–water partition coefficient (Wildman–Crippen LogP) is 2.26. The second-order valence-corrected chi connectivity index (χ2v) is 3.70. The van der Waals surface area contributed by atoms with Crippen molar-refractivity contribution < 1.29 is 14.3 Å². The molecule has 0 saturated carbocycles. The van der Waals surface area contributed by atoms with Gasteiger partial charge in [-0.15, -0.1) is 0 Å². The van der Waals surface area contributed by atoms with Gasteiger partial charge in [0.2, 0.25) is 0 Å². The molecule has 0 radical (unpaired) electrons. The fourth-order valence-corrected chi connectivity index (χ4v) is 1.46. The van der Waals surface area contributed by atoms with Crippen molar-refractivity contribution in [2.24, 2.45) is 0 Å². The Bertz CT molecular complexity index is 320. The first-order valence-corrected chi connectivity index (χ1v) is 5.07. The average molecular weight is 229 g/mol. The van der Waals surface area contributed by atoms with Gasteiger partial charge in [-0.1, -0.05) is 6.07 Å². The fourth-order valence-electron chi connectivity index (χ4n) is 1.16. The minimum atomic E-state index is -1.29. The molecule has 1 N–H and O–H groups in total. The molecular weight excluding hydrogens is 217 g/mol. The lowest BCUT2D eigenvalue weighted by Gasteiger charge is -2.14. The molecule has 0 aliphatic rings. The maximum atomic E-state index is 13.5. The second-order valence-electron chi connectivity index (χ2n) is 3.15. The number of nitrogens with zero attached hydrogens (tertiary/aromatic N) is 1. The SMILES string of the molecule is O=C(O)CCC(F)C(S)c1ccccn1. The van der Waals surface area contributed by atoms with Crippen LogP contribution < -0.4 is 0 Å². The van der Waals surface area contributed by atoms with Crippen LogP contribution in [-0.2, 0) is 4.79 Å². The monoisotopic (exact) mass is 229 g/mol. The van der Waals surface area contributed by atoms with Crippen LogP contribution in [0.2, 0.25) is 0 Å². The summed E-state index contributed by atoms with van der Waals surface area (Å²) < 4.78 is 13.5. The van der Waals surface area contributed by atoms with E-state index in [1.165, 1.54) is 0 Å². The Labute approximate surface area is 92.8 Å². The molecule has 0 aromatic carbocycles. The lowest BCUT2D eigenvalue weighted by atomic mass is 10.1. The van der Waals surface area contributed by atoms with Gasteiger partial charge in [0, 0.05) is 12.6 Å². The van der Waals surface area contributed by atoms with E-state index in [1.54, 1.807) is 24.4 Å². The smallest absolute Gasteiger partial charge is 0.303 e. The van der Waals surface area contributed by atoms with E-state index in [0.29, 0.717) is 5.69 Å². The molecule has 0 amide bonds. The van der Waals surface area contributed by atoms with Crippen molar-refractivity contribution in [3.05, 3.63) is 30.1 Å². The lowest BCUT2D eigenvalue weighted by Crippen LogP contribution is -2.12. The van der Waals surface area contributed by atoms with E-state index >= 15 is 0 Å². The fraction of sp³-hybridized carbons (Fsp3) is 0.400. The van der Waals surface area contributed by atoms with Crippen LogP contribution in [0.25, 0.3) is 0 Å². The summed E-state index contributed by atoms with van der Waals surface area (Å²) in [4.78, 5) is 14.2. The third-order valence-corrected chi connectivity index (χ3v) is 2.56. The number of halogens is 1. The number of hydrogen-bond acceptors (Lipinski definition) is 3. The van der Waals surface area contributed by atoms with Crippen molar-refractivity contribution in [2.45, 2.75) is 24.3 Å². The molecule has 2 atom stereocenters. The van der Waals surface area contributed by atoms with E-state index in [4.69, 9.17) is 5.11 Å². The number of carbonyl (C=O) groups is 1. The lowest BCUT2D eigenvalue weighted by molar-refractivity contribution is -0.137. The minimum Gasteiger partial charge on any atom is -0.481 e. The van der Waals surface area contributed by atoms with Crippen LogP contribution in [-0.4, -0.2) is 22.2 Å². The van der Waals surface area contributed by atoms with Gasteiger partial charge >= 0.3 is 5.97 Å². The molecule has 1 aromatic rings. The molecule has 1 rings (SSSR count). The van der Waals surface area contributed by atoms with E-state index in [-0.39, 0.29) is 12.8 Å². The standard InChI is InChI=1S/C10H12FNO2S/c11-7(4-5-9(13)14)10(15)8-3-1-2-6-12-8/h1-3,6-7,10,15H,4-5H2,(H,13,14). The normalized spacial score (nSPS) is 14.5. The molecule has 0 saturated heterocycles. The van der Waals surface area contributed by atoms with Crippen LogP contribution in [0.15, 0.2) is 24.4 Å². The molecule has 1 aromatic heterocycles. The molecule has 15 heavy (non-hydrogen) atoms. The Morgan fingerprint density at radius 3 is 2.87 bits per heavy atom. The first-order valence-electron chi connectivity index (χ1n) is 4.56. The maximum absolute atomic E-state index is 13.5. The van der Waals surface area contributed by atoms with E-state index in [0.717, 1.165) is 0 Å². The van der Waals surface area contributed by atoms with Crippen molar-refractivity contribution in [1.82, 2.24) is 4.98 Å². The van der Waals surface area contributed by atoms with Crippen LogP contribution in [0, 0.1) is 0 Å². The Morgan fingerprint density at radius 2 is 2.33 bits per heavy atom. The van der Waals surface area contributed by atoms with Crippen LogP contribution >= 0.6 is 12.6 Å². The summed E-state index contributed by atoms with van der Waals surface area (Å²) in [5.74, 6) is -1.00. The quantitative estimate of drug-likeness (QED) is 0.761. The summed E-state index contributed by atoms with van der Waals surface area (Å²) in [5.41, 5.74) is 0.527. The van der Waals surface area contributed by atoms with E-state index < -0.39 is 17.4 Å². The van der Waals surface area contributed by atoms with Crippen LogP contribution in [0.5, 0.6) is 0 Å². The molecule has 0 aliphatic carbocycles. The largest absolute Gasteiger partial charge is 0.481 e. The summed E-state index contributed by atoms with van der Waals surface area (Å²) in [7, 11) is 0. The number of alkyl halides is 1. The van der Waals surface area contributed by atoms with Gasteiger partial charge in [-0.2, -0.15) is 12.6 Å². The molecule has 82 valence electrons. The zero-order valence-corrected chi connectivity index (χ0v) is 8.90. The number of aromatic nitrogens is 1. The van der Waals surface area contributed by atoms with Gasteiger partial charge in [-0.25, -0.2) is 4.39 Å². The van der Waals surface area contributed by atoms with Crippen LogP contribution in [0.3, 0.4) is 0 Å². The third-order valence-electron chi connectivity index (χ3n) is 1.97. The van der Waals surface area contributed by atoms with Crippen LogP contribution in [0.1, 0.15) is 23.8 Å². The summed E-state index contributed by atoms with van der Waals surface area (Å²) in [6.45, 7) is 0. The second kappa shape index (κ2) is 5.70. The van der Waals surface area contributed by atoms with Crippen molar-refractivity contribution in [2.75, 3.05) is 0 Å². The zero-order chi connectivity index (χ0) is 11.3. The first kappa shape index (κ1) is 12.0. The van der Waals surface area contributed by atoms with Gasteiger partial charge in [0.25, 0.3) is 0 Å². The van der Waals surface area contributed by atoms with Gasteiger partial charge in [-0.05, 0) is 18.6 Å². The molecule has 0 spiro atoms. The van der Waals surface area contributed by atoms with Crippen molar-refractivity contribution >= 4 is 18.6 Å². The minimum absolute atomic E-state index is 0.0416. The molecule has 0 aliphatic heterocycles. The third kappa shape index (κ3) is 3.87. The number of pyridine rings is 1. The molecular formula is C10H12FNO2S. The van der Waals surface area contributed by atoms with Crippen LogP contribution in [0.4, 0.5) is 4.39 Å². The highest BCUT2D eigenvalue weighted by molar-refractivity contribution is 7.80. The maximum Gasteiger partial charge on any atom is 0.303 e. The number of thiol groups is 1. The molecule has 5 heteroatoms. The van der Waals surface area contributed by atoms with Gasteiger partial charge in [0.15, 0.2) is 0 Å². The van der Waals surface area contributed by atoms with E-state index in [1.807, 2.05) is 0 Å². The van der Waals surface area contributed by atoms with Gasteiger partial charge in [-0.3, -0.25) is 9.78 Å². The number of carboxylic acid groups (broad SMARTS) is 1. The van der Waals surface area contributed by atoms with E-state index in [9.17, 15) is 9.18 Å². The highest BCUT2D eigenvalue weighted by atomic mass is 32.1. The molecule has 3 nitrogen and oxygen atoms in total. The zero-order valence-electron chi connectivity index (χ0n) is 8.01. The molecule has 0 bridgehead atoms. The topological polar surface area (TPSA) is 50.2 Å². The summed E-state index contributed by atoms with van der Waals surface area (Å²) in [5, 5.41) is 7.75. The Morgan fingerprint density at radius 1 is 1.60 bits per heavy atom. The molecule has 0 fully saturated rings. The Balaban J connectivity index is 2.53. The first-order chi connectivity index (χ1) is 7.11. The van der Waals surface area contributed by atoms with Crippen molar-refractivity contribution in [3.63, 3.8) is 0 Å². The summed E-state index contributed by atoms with van der Waals surface area (Å²) >= 11 is 4.09. The van der Waals surface area contributed by atoms with Crippen molar-refractivity contribution in [1.29, 1.82) is 0 Å². The summed E-state index contributed by atoms with van der Waals surface area (Å²) in [6, 6.07) is 5.15. The van der Waals surface area contributed by atoms with Gasteiger partial charge in [0.1, 0.15) is 6.17 Å². The number of hydrogen-bond donors (Lipinski definition) is 2. The Kier molecular flexibility index (Phi) is 4.55. The Hall–Kier alpha value is -1.10. The van der Waals surface area contributed by atoms with Gasteiger partial charge < -0.3 is 5.11 Å². The van der Waals surface area contributed by atoms with Gasteiger partial charge in [0.05, 0.1) is 10.9 Å². The average Bonchev–Trinajstić information content (AvgIpc) is 2.26. The van der Waals surface area contributed by atoms with Crippen molar-refractivity contribution in [3.8, 4) is 0 Å². The number of aliphatic carboxylic acids is 1. The summed E-state index contributed by atoms with van der Waals surface area (Å²) in [6.07, 6.45) is 0.0347. The highest BCUT2D eigenvalue weighted by Crippen LogP contribution is 2.26. The highest BCUT2D eigenvalue weighted by Gasteiger charge is 2.20. The molecule has 2 unspecified atom stereocenters. The number of carboxylic acids is 1. The number of rotatable bonds is 5. The molecule has 1 heterocycles.